The summed E-state index contributed by atoms with van der Waals surface area (Å²) in [6.45, 7) is 8.74. The first-order valence-electron chi connectivity index (χ1n) is 8.34. The first-order valence-corrected chi connectivity index (χ1v) is 8.34. The number of fused-ring (bicyclic) bond motifs is 2. The second-order valence-electron chi connectivity index (χ2n) is 7.70. The Morgan fingerprint density at radius 2 is 1.83 bits per heavy atom. The van der Waals surface area contributed by atoms with Gasteiger partial charge < -0.3 is 10.6 Å². The Morgan fingerprint density at radius 3 is 2.30 bits per heavy atom. The number of amides is 1. The molecule has 0 radical (unpaired) electrons. The van der Waals surface area contributed by atoms with E-state index in [-0.39, 0.29) is 41.8 Å². The van der Waals surface area contributed by atoms with Gasteiger partial charge in [0, 0.05) is 37.3 Å². The zero-order chi connectivity index (χ0) is 16.8. The number of rotatable bonds is 3. The van der Waals surface area contributed by atoms with E-state index in [1.807, 2.05) is 4.90 Å². The number of nitrogens with zero attached hydrogens (tertiary/aromatic N) is 2. The molecule has 1 amide bonds. The number of carbonyl (C=O) groups is 1. The summed E-state index contributed by atoms with van der Waals surface area (Å²) in [5, 5.41) is 0. The number of nitrogens with two attached hydrogens (primary N) is 1. The number of carbonyl (C=O) groups excluding carboxylic acids is 1. The summed E-state index contributed by atoms with van der Waals surface area (Å²) in [6.07, 6.45) is 1.08. The Kier molecular flexibility index (Phi) is 4.19. The van der Waals surface area contributed by atoms with E-state index in [1.165, 1.54) is 12.1 Å². The number of piperazine rings is 1. The fourth-order valence-electron chi connectivity index (χ4n) is 3.77. The van der Waals surface area contributed by atoms with Gasteiger partial charge in [-0.2, -0.15) is 0 Å². The molecule has 0 spiro atoms. The molecule has 1 aromatic rings. The lowest BCUT2D eigenvalue weighted by atomic mass is 9.82. The van der Waals surface area contributed by atoms with E-state index in [0.29, 0.717) is 0 Å². The van der Waals surface area contributed by atoms with Crippen LogP contribution in [0.25, 0.3) is 0 Å². The highest BCUT2D eigenvalue weighted by Crippen LogP contribution is 2.37. The summed E-state index contributed by atoms with van der Waals surface area (Å²) >= 11 is 0. The van der Waals surface area contributed by atoms with Gasteiger partial charge in [-0.3, -0.25) is 9.69 Å². The molecule has 4 nitrogen and oxygen atoms in total. The van der Waals surface area contributed by atoms with Gasteiger partial charge in [0.15, 0.2) is 0 Å². The van der Waals surface area contributed by atoms with Crippen molar-refractivity contribution in [3.63, 3.8) is 0 Å². The van der Waals surface area contributed by atoms with Crippen molar-refractivity contribution in [3.8, 4) is 0 Å². The largest absolute Gasteiger partial charge is 0.333 e. The molecular formula is C18H26FN3O. The highest BCUT2D eigenvalue weighted by molar-refractivity contribution is 5.85. The van der Waals surface area contributed by atoms with E-state index < -0.39 is 0 Å². The zero-order valence-corrected chi connectivity index (χ0v) is 14.1. The molecule has 1 aromatic carbocycles. The van der Waals surface area contributed by atoms with E-state index in [9.17, 15) is 9.18 Å². The third-order valence-corrected chi connectivity index (χ3v) is 5.20. The van der Waals surface area contributed by atoms with Gasteiger partial charge in [-0.25, -0.2) is 4.39 Å². The van der Waals surface area contributed by atoms with Gasteiger partial charge in [0.2, 0.25) is 5.91 Å². The molecule has 2 bridgehead atoms. The molecular weight excluding hydrogens is 293 g/mol. The first-order chi connectivity index (χ1) is 10.8. The number of halogens is 1. The van der Waals surface area contributed by atoms with Gasteiger partial charge >= 0.3 is 0 Å². The predicted octanol–water partition coefficient (Wildman–Crippen LogP) is 1.95. The van der Waals surface area contributed by atoms with Crippen molar-refractivity contribution in [3.05, 3.63) is 35.6 Å². The molecule has 4 rings (SSSR count). The molecule has 23 heavy (non-hydrogen) atoms. The van der Waals surface area contributed by atoms with Crippen LogP contribution in [0.4, 0.5) is 4.39 Å². The van der Waals surface area contributed by atoms with Crippen molar-refractivity contribution in [2.24, 2.45) is 5.73 Å². The average Bonchev–Trinajstić information content (AvgIpc) is 2.49. The maximum absolute atomic E-state index is 13.1. The SMILES string of the molecule is CC(C)(C)N1CC2CC(C1)N2C(=O)C(CN)c1ccc(F)cc1. The Balaban J connectivity index is 1.73. The molecule has 0 saturated carbocycles. The molecule has 0 aromatic heterocycles. The topological polar surface area (TPSA) is 49.6 Å². The van der Waals surface area contributed by atoms with Crippen molar-refractivity contribution in [2.45, 2.75) is 50.7 Å². The van der Waals surface area contributed by atoms with Crippen molar-refractivity contribution in [1.29, 1.82) is 0 Å². The molecule has 2 N–H and O–H groups in total. The van der Waals surface area contributed by atoms with Gasteiger partial charge in [0.05, 0.1) is 5.92 Å². The lowest BCUT2D eigenvalue weighted by Crippen LogP contribution is -2.72. The Labute approximate surface area is 137 Å². The van der Waals surface area contributed by atoms with E-state index in [0.717, 1.165) is 25.1 Å². The zero-order valence-electron chi connectivity index (χ0n) is 14.1. The Hall–Kier alpha value is -1.46. The van der Waals surface area contributed by atoms with Gasteiger partial charge in [-0.1, -0.05) is 12.1 Å². The van der Waals surface area contributed by atoms with Gasteiger partial charge in [-0.15, -0.1) is 0 Å². The molecule has 3 unspecified atom stereocenters. The highest BCUT2D eigenvalue weighted by Gasteiger charge is 2.50. The molecule has 126 valence electrons. The lowest BCUT2D eigenvalue weighted by molar-refractivity contribution is -0.159. The normalized spacial score (nSPS) is 25.9. The van der Waals surface area contributed by atoms with Crippen LogP contribution in [-0.2, 0) is 4.79 Å². The summed E-state index contributed by atoms with van der Waals surface area (Å²) in [5.74, 6) is -0.574. The third-order valence-electron chi connectivity index (χ3n) is 5.20. The number of hydrogen-bond acceptors (Lipinski definition) is 3. The maximum Gasteiger partial charge on any atom is 0.231 e. The molecule has 3 fully saturated rings. The molecule has 3 atom stereocenters. The van der Waals surface area contributed by atoms with Crippen molar-refractivity contribution in [1.82, 2.24) is 9.80 Å². The second kappa shape index (κ2) is 5.87. The quantitative estimate of drug-likeness (QED) is 0.926. The number of piperidine rings is 1. The van der Waals surface area contributed by atoms with Crippen molar-refractivity contribution in [2.75, 3.05) is 19.6 Å². The van der Waals surface area contributed by atoms with Crippen LogP contribution in [0.15, 0.2) is 24.3 Å². The predicted molar refractivity (Wildman–Crippen MR) is 88.6 cm³/mol. The fourth-order valence-corrected chi connectivity index (χ4v) is 3.77. The first kappa shape index (κ1) is 16.4. The van der Waals surface area contributed by atoms with Crippen LogP contribution < -0.4 is 5.73 Å². The van der Waals surface area contributed by atoms with E-state index >= 15 is 0 Å². The van der Waals surface area contributed by atoms with Crippen LogP contribution >= 0.6 is 0 Å². The summed E-state index contributed by atoms with van der Waals surface area (Å²) in [6, 6.07) is 6.70. The average molecular weight is 319 g/mol. The minimum atomic E-state index is -0.373. The van der Waals surface area contributed by atoms with Crippen LogP contribution in [-0.4, -0.2) is 53.0 Å². The van der Waals surface area contributed by atoms with Gasteiger partial charge in [0.25, 0.3) is 0 Å². The summed E-state index contributed by atoms with van der Waals surface area (Å²) < 4.78 is 13.1. The van der Waals surface area contributed by atoms with Crippen LogP contribution in [0.2, 0.25) is 0 Å². The number of benzene rings is 1. The standard InChI is InChI=1S/C18H26FN3O/c1-18(2,3)21-10-14-8-15(11-21)22(14)17(23)16(9-20)12-4-6-13(19)7-5-12/h4-7,14-16H,8-11,20H2,1-3H3. The molecule has 5 heteroatoms. The van der Waals surface area contributed by atoms with Crippen molar-refractivity contribution < 1.29 is 9.18 Å². The Morgan fingerprint density at radius 1 is 1.26 bits per heavy atom. The monoisotopic (exact) mass is 319 g/mol. The van der Waals surface area contributed by atoms with Gasteiger partial charge in [-0.05, 0) is 44.9 Å². The van der Waals surface area contributed by atoms with Crippen LogP contribution in [0.5, 0.6) is 0 Å². The molecule has 3 aliphatic rings. The van der Waals surface area contributed by atoms with E-state index in [2.05, 4.69) is 25.7 Å². The summed E-state index contributed by atoms with van der Waals surface area (Å²) in [5.41, 5.74) is 6.79. The fraction of sp³-hybridized carbons (Fsp3) is 0.611. The van der Waals surface area contributed by atoms with Crippen LogP contribution in [0.1, 0.15) is 38.7 Å². The molecule has 3 heterocycles. The molecule has 3 aliphatic heterocycles. The smallest absolute Gasteiger partial charge is 0.231 e. The number of hydrogen-bond donors (Lipinski definition) is 1. The van der Waals surface area contributed by atoms with E-state index in [4.69, 9.17) is 5.73 Å². The van der Waals surface area contributed by atoms with Crippen molar-refractivity contribution >= 4 is 5.91 Å². The highest BCUT2D eigenvalue weighted by atomic mass is 19.1. The minimum Gasteiger partial charge on any atom is -0.333 e. The summed E-state index contributed by atoms with van der Waals surface area (Å²) in [7, 11) is 0. The Bertz CT molecular complexity index is 569. The van der Waals surface area contributed by atoms with Crippen LogP contribution in [0.3, 0.4) is 0 Å². The second-order valence-corrected chi connectivity index (χ2v) is 7.70. The van der Waals surface area contributed by atoms with Crippen LogP contribution in [0, 0.1) is 5.82 Å². The molecule has 3 saturated heterocycles. The third kappa shape index (κ3) is 3.00. The lowest BCUT2D eigenvalue weighted by Gasteiger charge is -2.59. The maximum atomic E-state index is 13.1. The summed E-state index contributed by atoms with van der Waals surface area (Å²) in [4.78, 5) is 17.4. The van der Waals surface area contributed by atoms with Gasteiger partial charge in [0.1, 0.15) is 5.82 Å². The molecule has 0 aliphatic carbocycles. The van der Waals surface area contributed by atoms with E-state index in [1.54, 1.807) is 12.1 Å². The minimum absolute atomic E-state index is 0.0916.